The van der Waals surface area contributed by atoms with E-state index in [4.69, 9.17) is 5.11 Å². The molecule has 3 heteroatoms. The van der Waals surface area contributed by atoms with Gasteiger partial charge in [0.25, 0.3) is 0 Å². The number of carbonyl (C=O) groups is 1. The first kappa shape index (κ1) is 13.7. The molecule has 0 unspecified atom stereocenters. The van der Waals surface area contributed by atoms with Crippen molar-refractivity contribution >= 4 is 11.7 Å². The van der Waals surface area contributed by atoms with Crippen LogP contribution in [-0.2, 0) is 4.79 Å². The van der Waals surface area contributed by atoms with Crippen molar-refractivity contribution in [2.75, 3.05) is 18.0 Å². The van der Waals surface area contributed by atoms with Crippen LogP contribution < -0.4 is 4.90 Å². The molecule has 0 bridgehead atoms. The molecule has 1 aliphatic rings. The normalized spacial score (nSPS) is 14.9. The third-order valence-electron chi connectivity index (χ3n) is 4.01. The van der Waals surface area contributed by atoms with E-state index < -0.39 is 5.97 Å². The molecule has 1 N–H and O–H groups in total. The number of nitrogens with zero attached hydrogens (tertiary/aromatic N) is 1. The second-order valence-corrected chi connectivity index (χ2v) is 5.87. The van der Waals surface area contributed by atoms with Crippen molar-refractivity contribution in [2.24, 2.45) is 5.92 Å². The second kappa shape index (κ2) is 5.24. The summed E-state index contributed by atoms with van der Waals surface area (Å²) in [6.45, 7) is 5.38. The highest BCUT2D eigenvalue weighted by Crippen LogP contribution is 2.31. The zero-order valence-corrected chi connectivity index (χ0v) is 12.3. The number of aliphatic carboxylic acids is 1. The Morgan fingerprint density at radius 2 is 1.76 bits per heavy atom. The summed E-state index contributed by atoms with van der Waals surface area (Å²) in [6.07, 6.45) is 0. The van der Waals surface area contributed by atoms with E-state index in [1.807, 2.05) is 0 Å². The van der Waals surface area contributed by atoms with Crippen LogP contribution in [0.4, 0.5) is 5.69 Å². The molecule has 1 saturated heterocycles. The molecular weight excluding hydrogens is 262 g/mol. The highest BCUT2D eigenvalue weighted by Gasteiger charge is 2.32. The summed E-state index contributed by atoms with van der Waals surface area (Å²) in [7, 11) is 0. The van der Waals surface area contributed by atoms with E-state index >= 15 is 0 Å². The molecule has 0 aliphatic carbocycles. The molecule has 1 aliphatic heterocycles. The molecule has 0 atom stereocenters. The van der Waals surface area contributed by atoms with Gasteiger partial charge in [-0.3, -0.25) is 4.79 Å². The van der Waals surface area contributed by atoms with E-state index in [9.17, 15) is 4.79 Å². The Bertz CT molecular complexity index is 687. The maximum Gasteiger partial charge on any atom is 0.310 e. The summed E-state index contributed by atoms with van der Waals surface area (Å²) in [5.41, 5.74) is 5.94. The maximum absolute atomic E-state index is 10.9. The molecule has 21 heavy (non-hydrogen) atoms. The Morgan fingerprint density at radius 3 is 2.43 bits per heavy atom. The minimum Gasteiger partial charge on any atom is -0.481 e. The Kier molecular flexibility index (Phi) is 3.42. The fourth-order valence-electron chi connectivity index (χ4n) is 2.78. The van der Waals surface area contributed by atoms with Crippen LogP contribution in [0.15, 0.2) is 42.5 Å². The van der Waals surface area contributed by atoms with Crippen molar-refractivity contribution < 1.29 is 9.90 Å². The van der Waals surface area contributed by atoms with Gasteiger partial charge in [0.15, 0.2) is 0 Å². The van der Waals surface area contributed by atoms with Gasteiger partial charge in [0, 0.05) is 18.8 Å². The number of carboxylic acids is 1. The Hall–Kier alpha value is -2.29. The molecule has 2 aromatic rings. The van der Waals surface area contributed by atoms with Crippen LogP contribution in [0.1, 0.15) is 11.1 Å². The van der Waals surface area contributed by atoms with Crippen LogP contribution in [0.2, 0.25) is 0 Å². The van der Waals surface area contributed by atoms with Crippen LogP contribution in [0.5, 0.6) is 0 Å². The van der Waals surface area contributed by atoms with E-state index in [1.165, 1.54) is 22.3 Å². The lowest BCUT2D eigenvalue weighted by atomic mass is 9.96. The van der Waals surface area contributed by atoms with Gasteiger partial charge in [0.2, 0.25) is 0 Å². The molecular formula is C18H19NO2. The van der Waals surface area contributed by atoms with Crippen molar-refractivity contribution in [1.29, 1.82) is 0 Å². The minimum absolute atomic E-state index is 0.229. The van der Waals surface area contributed by atoms with Crippen LogP contribution >= 0.6 is 0 Å². The van der Waals surface area contributed by atoms with Crippen LogP contribution in [0.25, 0.3) is 11.1 Å². The first-order valence-corrected chi connectivity index (χ1v) is 7.19. The van der Waals surface area contributed by atoms with E-state index in [0.717, 1.165) is 5.69 Å². The lowest BCUT2D eigenvalue weighted by molar-refractivity contribution is -0.142. The predicted molar refractivity (Wildman–Crippen MR) is 84.7 cm³/mol. The average molecular weight is 281 g/mol. The summed E-state index contributed by atoms with van der Waals surface area (Å²) in [5, 5.41) is 8.99. The Balaban J connectivity index is 1.89. The summed E-state index contributed by atoms with van der Waals surface area (Å²) >= 11 is 0. The molecule has 2 aromatic carbocycles. The number of hydrogen-bond donors (Lipinski definition) is 1. The molecule has 3 nitrogen and oxygen atoms in total. The highest BCUT2D eigenvalue weighted by molar-refractivity contribution is 5.76. The first-order chi connectivity index (χ1) is 10.0. The molecule has 1 fully saturated rings. The summed E-state index contributed by atoms with van der Waals surface area (Å²) in [6, 6.07) is 14.9. The van der Waals surface area contributed by atoms with E-state index in [0.29, 0.717) is 13.1 Å². The van der Waals surface area contributed by atoms with Crippen LogP contribution in [0.3, 0.4) is 0 Å². The molecule has 108 valence electrons. The third-order valence-corrected chi connectivity index (χ3v) is 4.01. The molecule has 1 heterocycles. The number of rotatable bonds is 3. The average Bonchev–Trinajstić information content (AvgIpc) is 2.35. The van der Waals surface area contributed by atoms with Gasteiger partial charge in [-0.05, 0) is 42.7 Å². The van der Waals surface area contributed by atoms with Gasteiger partial charge in [-0.1, -0.05) is 35.9 Å². The summed E-state index contributed by atoms with van der Waals surface area (Å²) in [4.78, 5) is 13.1. The molecule has 0 aromatic heterocycles. The van der Waals surface area contributed by atoms with Crippen molar-refractivity contribution in [3.63, 3.8) is 0 Å². The minimum atomic E-state index is -0.696. The number of benzene rings is 2. The van der Waals surface area contributed by atoms with Gasteiger partial charge < -0.3 is 10.0 Å². The van der Waals surface area contributed by atoms with E-state index in [-0.39, 0.29) is 5.92 Å². The van der Waals surface area contributed by atoms with E-state index in [2.05, 4.69) is 61.2 Å². The predicted octanol–water partition coefficient (Wildman–Crippen LogP) is 3.49. The zero-order chi connectivity index (χ0) is 15.0. The fourth-order valence-corrected chi connectivity index (χ4v) is 2.78. The standard InChI is InChI=1S/C18H19NO2/c1-12-4-3-5-14(6-12)15-7-13(2)8-17(9-15)19-10-16(11-19)18(20)21/h3-9,16H,10-11H2,1-2H3,(H,20,21). The molecule has 0 spiro atoms. The second-order valence-electron chi connectivity index (χ2n) is 5.87. The smallest absolute Gasteiger partial charge is 0.310 e. The summed E-state index contributed by atoms with van der Waals surface area (Å²) < 4.78 is 0. The Labute approximate surface area is 124 Å². The highest BCUT2D eigenvalue weighted by atomic mass is 16.4. The van der Waals surface area contributed by atoms with Gasteiger partial charge in [0.1, 0.15) is 0 Å². The number of aryl methyl sites for hydroxylation is 2. The fraction of sp³-hybridized carbons (Fsp3) is 0.278. The van der Waals surface area contributed by atoms with Gasteiger partial charge in [-0.2, -0.15) is 0 Å². The van der Waals surface area contributed by atoms with Crippen molar-refractivity contribution in [1.82, 2.24) is 0 Å². The van der Waals surface area contributed by atoms with Gasteiger partial charge in [0.05, 0.1) is 5.92 Å². The van der Waals surface area contributed by atoms with Gasteiger partial charge in [-0.15, -0.1) is 0 Å². The molecule has 0 radical (unpaired) electrons. The summed E-state index contributed by atoms with van der Waals surface area (Å²) in [5.74, 6) is -0.925. The van der Waals surface area contributed by atoms with Crippen molar-refractivity contribution in [2.45, 2.75) is 13.8 Å². The third kappa shape index (κ3) is 2.77. The van der Waals surface area contributed by atoms with Gasteiger partial charge in [-0.25, -0.2) is 0 Å². The Morgan fingerprint density at radius 1 is 1.05 bits per heavy atom. The topological polar surface area (TPSA) is 40.5 Å². The lowest BCUT2D eigenvalue weighted by Gasteiger charge is -2.39. The largest absolute Gasteiger partial charge is 0.481 e. The molecule has 0 saturated carbocycles. The van der Waals surface area contributed by atoms with Gasteiger partial charge >= 0.3 is 5.97 Å². The number of carboxylic acid groups (broad SMARTS) is 1. The SMILES string of the molecule is Cc1cccc(-c2cc(C)cc(N3CC(C(=O)O)C3)c2)c1. The van der Waals surface area contributed by atoms with Crippen LogP contribution in [-0.4, -0.2) is 24.2 Å². The van der Waals surface area contributed by atoms with Crippen molar-refractivity contribution in [3.05, 3.63) is 53.6 Å². The quantitative estimate of drug-likeness (QED) is 0.936. The number of hydrogen-bond acceptors (Lipinski definition) is 2. The number of anilines is 1. The van der Waals surface area contributed by atoms with Crippen molar-refractivity contribution in [3.8, 4) is 11.1 Å². The van der Waals surface area contributed by atoms with Crippen LogP contribution in [0, 0.1) is 19.8 Å². The van der Waals surface area contributed by atoms with E-state index in [1.54, 1.807) is 0 Å². The first-order valence-electron chi connectivity index (χ1n) is 7.19. The maximum atomic E-state index is 10.9. The molecule has 0 amide bonds. The lowest BCUT2D eigenvalue weighted by Crippen LogP contribution is -2.50. The molecule has 3 rings (SSSR count). The monoisotopic (exact) mass is 281 g/mol. The zero-order valence-electron chi connectivity index (χ0n) is 12.3.